The van der Waals surface area contributed by atoms with Gasteiger partial charge in [0, 0.05) is 71.4 Å². The molecule has 1 heterocycles. The van der Waals surface area contributed by atoms with Crippen molar-refractivity contribution in [2.24, 2.45) is 5.73 Å². The van der Waals surface area contributed by atoms with Gasteiger partial charge in [-0.25, -0.2) is 20.0 Å². The van der Waals surface area contributed by atoms with Gasteiger partial charge in [0.25, 0.3) is 5.91 Å². The van der Waals surface area contributed by atoms with E-state index < -0.39 is 29.8 Å². The number of hydrogen-bond donors (Lipinski definition) is 9. The smallest absolute Gasteiger partial charge is 0.426 e. The number of ether oxygens (including phenoxy) is 6. The van der Waals surface area contributed by atoms with Crippen LogP contribution in [0.15, 0.2) is 18.3 Å². The van der Waals surface area contributed by atoms with Gasteiger partial charge in [0.05, 0.1) is 58.4 Å². The highest BCUT2D eigenvalue weighted by molar-refractivity contribution is 5.94. The number of halogens is 1. The Morgan fingerprint density at radius 3 is 1.68 bits per heavy atom. The molecule has 1 rings (SSSR count). The van der Waals surface area contributed by atoms with E-state index in [1.165, 1.54) is 12.3 Å². The highest BCUT2D eigenvalue weighted by Crippen LogP contribution is 2.08. The van der Waals surface area contributed by atoms with Gasteiger partial charge in [-0.3, -0.25) is 29.4 Å². The summed E-state index contributed by atoms with van der Waals surface area (Å²) in [6, 6.07) is 1.99. The number of anilines is 1. The number of nitrogens with one attached hydrogen (secondary N) is 8. The molecule has 0 aliphatic rings. The van der Waals surface area contributed by atoms with Gasteiger partial charge in [0.2, 0.25) is 23.6 Å². The number of carbonyl (C=O) groups excluding carboxylic acids is 7. The van der Waals surface area contributed by atoms with Gasteiger partial charge in [-0.05, 0) is 78.0 Å². The van der Waals surface area contributed by atoms with E-state index in [4.69, 9.17) is 34.2 Å². The second-order valence-corrected chi connectivity index (χ2v) is 15.4. The van der Waals surface area contributed by atoms with Crippen LogP contribution in [0.2, 0.25) is 0 Å². The van der Waals surface area contributed by atoms with Crippen molar-refractivity contribution >= 4 is 47.6 Å². The standard InChI is InChI=1S/C42H73FN10O13/c1-42(2,3)66-41(60)53-52-34-12-11-32(31-50-34)38(57)49-20-24-64-28-27-63-23-19-47-37(56)14-13-36(55)45-16-5-4-9-33(51-40(43)59)39(58)48-18-8-22-62-26-30-65-29-25-61-21-7-17-46-35(54)10-6-15-44/h11-12,31,33H,4-10,13-30,44H2,1-3H3,(H,45,55)(H,46,54)(H,47,56)(H,48,58)(H,49,57)(H,50,52)(H,51,59)(H,53,60). The van der Waals surface area contributed by atoms with E-state index in [9.17, 15) is 38.0 Å². The lowest BCUT2D eigenvalue weighted by Gasteiger charge is -2.19. The molecule has 0 bridgehead atoms. The van der Waals surface area contributed by atoms with E-state index in [1.807, 2.05) is 5.32 Å². The lowest BCUT2D eigenvalue weighted by Crippen LogP contribution is -2.45. The van der Waals surface area contributed by atoms with E-state index in [-0.39, 0.29) is 95.5 Å². The summed E-state index contributed by atoms with van der Waals surface area (Å²) in [7, 11) is 0. The fourth-order valence-corrected chi connectivity index (χ4v) is 5.26. The molecule has 1 unspecified atom stereocenters. The predicted molar refractivity (Wildman–Crippen MR) is 240 cm³/mol. The average Bonchev–Trinajstić information content (AvgIpc) is 3.27. The zero-order valence-corrected chi connectivity index (χ0v) is 38.7. The Hall–Kier alpha value is -5.27. The van der Waals surface area contributed by atoms with Crippen molar-refractivity contribution in [3.8, 4) is 0 Å². The molecule has 66 heavy (non-hydrogen) atoms. The summed E-state index contributed by atoms with van der Waals surface area (Å²) >= 11 is 0. The maximum Gasteiger partial charge on any atom is 0.426 e. The molecule has 1 aromatic rings. The van der Waals surface area contributed by atoms with Crippen LogP contribution in [-0.4, -0.2) is 164 Å². The Morgan fingerprint density at radius 2 is 1.14 bits per heavy atom. The predicted octanol–water partition coefficient (Wildman–Crippen LogP) is 0.728. The summed E-state index contributed by atoms with van der Waals surface area (Å²) in [6.45, 7) is 10.7. The molecule has 0 saturated heterocycles. The second-order valence-electron chi connectivity index (χ2n) is 15.4. The van der Waals surface area contributed by atoms with E-state index in [2.05, 4.69) is 42.4 Å². The number of nitrogens with two attached hydrogens (primary N) is 1. The molecule has 0 radical (unpaired) electrons. The summed E-state index contributed by atoms with van der Waals surface area (Å²) in [5, 5.41) is 15.5. The SMILES string of the molecule is CC(C)(C)OC(=O)NNc1ccc(C(=O)NCCOCCOCCNC(=O)CCC(=O)NCCCCC(NC(=O)F)C(=O)NCCCOCCOCCOCCCNC(=O)CCCN)cn1. The topological polar surface area (TPSA) is 310 Å². The van der Waals surface area contributed by atoms with Crippen molar-refractivity contribution < 1.29 is 66.4 Å². The minimum absolute atomic E-state index is 0.0127. The molecule has 0 fully saturated rings. The van der Waals surface area contributed by atoms with Crippen LogP contribution in [0.4, 0.5) is 19.8 Å². The minimum Gasteiger partial charge on any atom is -0.443 e. The number of hydrazine groups is 1. The number of nitrogens with zero attached hydrogens (tertiary/aromatic N) is 1. The van der Waals surface area contributed by atoms with Crippen LogP contribution in [0, 0.1) is 0 Å². The lowest BCUT2D eigenvalue weighted by molar-refractivity contribution is -0.126. The van der Waals surface area contributed by atoms with Crippen molar-refractivity contribution in [2.75, 3.05) is 111 Å². The van der Waals surface area contributed by atoms with Crippen molar-refractivity contribution in [2.45, 2.75) is 90.2 Å². The summed E-state index contributed by atoms with van der Waals surface area (Å²) < 4.78 is 45.5. The Balaban J connectivity index is 2.01. The van der Waals surface area contributed by atoms with Gasteiger partial charge in [0.15, 0.2) is 0 Å². The van der Waals surface area contributed by atoms with Crippen LogP contribution in [0.5, 0.6) is 0 Å². The van der Waals surface area contributed by atoms with E-state index in [0.717, 1.165) is 0 Å². The van der Waals surface area contributed by atoms with Crippen LogP contribution in [-0.2, 0) is 47.6 Å². The molecule has 0 aliphatic carbocycles. The van der Waals surface area contributed by atoms with Gasteiger partial charge in [-0.1, -0.05) is 0 Å². The third kappa shape index (κ3) is 35.0. The largest absolute Gasteiger partial charge is 0.443 e. The van der Waals surface area contributed by atoms with Crippen LogP contribution in [0.1, 0.15) is 88.9 Å². The van der Waals surface area contributed by atoms with Gasteiger partial charge >= 0.3 is 12.3 Å². The molecule has 0 spiro atoms. The van der Waals surface area contributed by atoms with Crippen molar-refractivity contribution in [3.05, 3.63) is 23.9 Å². The summed E-state index contributed by atoms with van der Waals surface area (Å²) in [5.41, 5.74) is 10.0. The molecule has 0 saturated carbocycles. The third-order valence-corrected chi connectivity index (χ3v) is 8.52. The highest BCUT2D eigenvalue weighted by atomic mass is 19.1. The maximum absolute atomic E-state index is 13.1. The first-order chi connectivity index (χ1) is 31.7. The van der Waals surface area contributed by atoms with E-state index in [1.54, 1.807) is 26.8 Å². The zero-order chi connectivity index (χ0) is 48.7. The Kier molecular flexibility index (Phi) is 33.7. The van der Waals surface area contributed by atoms with Crippen LogP contribution >= 0.6 is 0 Å². The molecule has 7 amide bonds. The van der Waals surface area contributed by atoms with Crippen molar-refractivity contribution in [3.63, 3.8) is 0 Å². The number of amides is 7. The molecule has 24 heteroatoms. The summed E-state index contributed by atoms with van der Waals surface area (Å²) in [5.74, 6) is -1.22. The highest BCUT2D eigenvalue weighted by Gasteiger charge is 2.20. The van der Waals surface area contributed by atoms with Crippen molar-refractivity contribution in [1.29, 1.82) is 0 Å². The lowest BCUT2D eigenvalue weighted by atomic mass is 10.1. The zero-order valence-electron chi connectivity index (χ0n) is 38.7. The molecular weight excluding hydrogens is 872 g/mol. The molecular formula is C42H73FN10O13. The maximum atomic E-state index is 13.1. The second kappa shape index (κ2) is 37.9. The molecule has 376 valence electrons. The number of rotatable bonds is 39. The average molecular weight is 945 g/mol. The van der Waals surface area contributed by atoms with Gasteiger partial charge in [-0.15, -0.1) is 4.39 Å². The third-order valence-electron chi connectivity index (χ3n) is 8.52. The number of carbonyl (C=O) groups is 7. The monoisotopic (exact) mass is 945 g/mol. The van der Waals surface area contributed by atoms with E-state index >= 15 is 0 Å². The molecule has 0 aliphatic heterocycles. The first-order valence-corrected chi connectivity index (χ1v) is 22.3. The quantitative estimate of drug-likeness (QED) is 0.0190. The van der Waals surface area contributed by atoms with E-state index in [0.29, 0.717) is 103 Å². The summed E-state index contributed by atoms with van der Waals surface area (Å²) in [6.07, 6.45) is 2.12. The van der Waals surface area contributed by atoms with Gasteiger partial charge in [0.1, 0.15) is 17.5 Å². The minimum atomic E-state index is -1.82. The fourth-order valence-electron chi connectivity index (χ4n) is 5.26. The molecule has 0 aromatic carbocycles. The Bertz CT molecular complexity index is 1540. The normalized spacial score (nSPS) is 11.5. The van der Waals surface area contributed by atoms with Crippen LogP contribution in [0.3, 0.4) is 0 Å². The number of unbranched alkanes of at least 4 members (excludes halogenated alkanes) is 1. The van der Waals surface area contributed by atoms with Gasteiger partial charge < -0.3 is 66.1 Å². The number of pyridine rings is 1. The van der Waals surface area contributed by atoms with Crippen LogP contribution in [0.25, 0.3) is 0 Å². The van der Waals surface area contributed by atoms with Crippen molar-refractivity contribution in [1.82, 2.24) is 42.3 Å². The first-order valence-electron chi connectivity index (χ1n) is 22.3. The Labute approximate surface area is 386 Å². The summed E-state index contributed by atoms with van der Waals surface area (Å²) in [4.78, 5) is 87.5. The number of hydrogen-bond acceptors (Lipinski definition) is 16. The molecule has 1 aromatic heterocycles. The fraction of sp³-hybridized carbons (Fsp3) is 0.714. The molecule has 10 N–H and O–H groups in total. The molecule has 23 nitrogen and oxygen atoms in total. The Morgan fingerprint density at radius 1 is 0.621 bits per heavy atom. The first kappa shape index (κ1) is 58.7. The van der Waals surface area contributed by atoms with Crippen LogP contribution < -0.4 is 48.5 Å². The number of aromatic nitrogens is 1. The molecule has 1 atom stereocenters. The van der Waals surface area contributed by atoms with Gasteiger partial charge in [-0.2, -0.15) is 0 Å².